The number of fused-ring (bicyclic) bond motifs is 1. The summed E-state index contributed by atoms with van der Waals surface area (Å²) >= 11 is 8.51. The molecule has 2 heterocycles. The van der Waals surface area contributed by atoms with Crippen LogP contribution in [0.25, 0.3) is 0 Å². The van der Waals surface area contributed by atoms with Crippen molar-refractivity contribution in [2.45, 2.75) is 22.8 Å². The van der Waals surface area contributed by atoms with Gasteiger partial charge in [-0.05, 0) is 12.8 Å². The van der Waals surface area contributed by atoms with Gasteiger partial charge in [-0.25, -0.2) is 9.97 Å². The van der Waals surface area contributed by atoms with E-state index in [0.29, 0.717) is 15.1 Å². The fourth-order valence-electron chi connectivity index (χ4n) is 2.74. The van der Waals surface area contributed by atoms with Crippen LogP contribution in [0.15, 0.2) is 6.33 Å². The number of hydrogen-bond acceptors (Lipinski definition) is 5. The van der Waals surface area contributed by atoms with E-state index in [1.165, 1.54) is 13.4 Å². The molecule has 0 radical (unpaired) electrons. The van der Waals surface area contributed by atoms with Gasteiger partial charge in [0.1, 0.15) is 17.3 Å². The van der Waals surface area contributed by atoms with Crippen molar-refractivity contribution in [2.75, 3.05) is 18.6 Å². The molecule has 1 aromatic heterocycles. The average Bonchev–Trinajstić information content (AvgIpc) is 2.66. The van der Waals surface area contributed by atoms with Crippen LogP contribution in [0.3, 0.4) is 0 Å². The maximum atomic E-state index is 11.4. The molecule has 1 aliphatic carbocycles. The molecule has 0 saturated heterocycles. The topological polar surface area (TPSA) is 55.3 Å². The van der Waals surface area contributed by atoms with Gasteiger partial charge in [0, 0.05) is 18.2 Å². The number of anilines is 1. The largest absolute Gasteiger partial charge is 0.469 e. The van der Waals surface area contributed by atoms with Crippen molar-refractivity contribution < 1.29 is 9.53 Å². The van der Waals surface area contributed by atoms with Crippen LogP contribution in [0.5, 0.6) is 0 Å². The molecular formula is C12H13ClIN3O2. The predicted octanol–water partition coefficient (Wildman–Crippen LogP) is 2.38. The number of esters is 1. The molecule has 5 nitrogen and oxygen atoms in total. The number of ether oxygens (including phenoxy) is 1. The van der Waals surface area contributed by atoms with E-state index < -0.39 is 0 Å². The molecule has 1 atom stereocenters. The molecule has 2 aliphatic rings. The highest BCUT2D eigenvalue weighted by Crippen LogP contribution is 2.46. The molecule has 1 fully saturated rings. The summed E-state index contributed by atoms with van der Waals surface area (Å²) < 4.78 is 5.07. The monoisotopic (exact) mass is 393 g/mol. The van der Waals surface area contributed by atoms with Crippen LogP contribution in [-0.4, -0.2) is 35.6 Å². The van der Waals surface area contributed by atoms with Gasteiger partial charge in [0.05, 0.1) is 17.0 Å². The molecule has 1 aromatic rings. The Hall–Kier alpha value is -0.630. The van der Waals surface area contributed by atoms with E-state index in [1.54, 1.807) is 0 Å². The zero-order valence-corrected chi connectivity index (χ0v) is 13.3. The Morgan fingerprint density at radius 2 is 2.26 bits per heavy atom. The van der Waals surface area contributed by atoms with E-state index in [2.05, 4.69) is 37.5 Å². The van der Waals surface area contributed by atoms with Crippen molar-refractivity contribution in [3.63, 3.8) is 0 Å². The summed E-state index contributed by atoms with van der Waals surface area (Å²) in [6.45, 7) is 0.882. The average molecular weight is 394 g/mol. The Morgan fingerprint density at radius 1 is 1.53 bits per heavy atom. The van der Waals surface area contributed by atoms with Crippen molar-refractivity contribution >= 4 is 46.0 Å². The second-order valence-electron chi connectivity index (χ2n) is 4.87. The number of alkyl halides is 1. The van der Waals surface area contributed by atoms with Crippen LogP contribution < -0.4 is 4.90 Å². The summed E-state index contributed by atoms with van der Waals surface area (Å²) in [5, 5.41) is 0.538. The van der Waals surface area contributed by atoms with Gasteiger partial charge in [0.25, 0.3) is 0 Å². The third kappa shape index (κ3) is 2.18. The second kappa shape index (κ2) is 5.05. The summed E-state index contributed by atoms with van der Waals surface area (Å²) in [6.07, 6.45) is 3.16. The zero-order valence-electron chi connectivity index (χ0n) is 10.3. The number of halogens is 2. The van der Waals surface area contributed by atoms with Crippen molar-refractivity contribution in [1.29, 1.82) is 0 Å². The van der Waals surface area contributed by atoms with Crippen molar-refractivity contribution in [3.05, 3.63) is 17.0 Å². The minimum Gasteiger partial charge on any atom is -0.469 e. The van der Waals surface area contributed by atoms with E-state index in [0.717, 1.165) is 30.8 Å². The lowest BCUT2D eigenvalue weighted by atomic mass is 9.79. The number of methoxy groups -OCH3 is 1. The van der Waals surface area contributed by atoms with Gasteiger partial charge >= 0.3 is 5.97 Å². The number of carbonyl (C=O) groups excluding carboxylic acids is 1. The van der Waals surface area contributed by atoms with Gasteiger partial charge in [-0.1, -0.05) is 34.2 Å². The van der Waals surface area contributed by atoms with E-state index in [1.807, 2.05) is 0 Å². The first-order chi connectivity index (χ1) is 9.11. The fraction of sp³-hybridized carbons (Fsp3) is 0.583. The van der Waals surface area contributed by atoms with Crippen LogP contribution in [0, 0.1) is 5.92 Å². The summed E-state index contributed by atoms with van der Waals surface area (Å²) in [7, 11) is 1.44. The normalized spacial score (nSPS) is 28.8. The summed E-state index contributed by atoms with van der Waals surface area (Å²) in [4.78, 5) is 22.1. The maximum absolute atomic E-state index is 11.4. The van der Waals surface area contributed by atoms with Gasteiger partial charge < -0.3 is 9.64 Å². The molecule has 0 spiro atoms. The third-order valence-corrected chi connectivity index (χ3v) is 5.16. The minimum absolute atomic E-state index is 0.0315. The molecular weight excluding hydrogens is 381 g/mol. The second-order valence-corrected chi connectivity index (χ2v) is 6.73. The smallest absolute Gasteiger partial charge is 0.308 e. The Kier molecular flexibility index (Phi) is 3.55. The molecule has 7 heteroatoms. The molecule has 3 rings (SSSR count). The lowest BCUT2D eigenvalue weighted by Gasteiger charge is -2.40. The van der Waals surface area contributed by atoms with Crippen molar-refractivity contribution in [2.24, 2.45) is 5.92 Å². The lowest BCUT2D eigenvalue weighted by Crippen LogP contribution is -2.47. The Labute approximate surface area is 129 Å². The maximum Gasteiger partial charge on any atom is 0.308 e. The number of nitrogens with zero attached hydrogens (tertiary/aromatic N) is 3. The minimum atomic E-state index is -0.109. The standard InChI is InChI=1S/C12H13ClIN3O2/c1-19-12(18)6-2-7(3-6)17-4-8(14)9-10(13)15-5-16-11(9)17/h5-8H,2-4H2,1H3/t6-,7-,8?. The Morgan fingerprint density at radius 3 is 2.95 bits per heavy atom. The molecule has 102 valence electrons. The van der Waals surface area contributed by atoms with Gasteiger partial charge in [-0.15, -0.1) is 0 Å². The van der Waals surface area contributed by atoms with Gasteiger partial charge in [-0.2, -0.15) is 0 Å². The molecule has 1 unspecified atom stereocenters. The first-order valence-electron chi connectivity index (χ1n) is 6.10. The summed E-state index contributed by atoms with van der Waals surface area (Å²) in [5.41, 5.74) is 1.02. The molecule has 0 bridgehead atoms. The molecule has 19 heavy (non-hydrogen) atoms. The highest BCUT2D eigenvalue weighted by atomic mass is 127. The van der Waals surface area contributed by atoms with Crippen LogP contribution in [0.2, 0.25) is 5.15 Å². The molecule has 0 aromatic carbocycles. The highest BCUT2D eigenvalue weighted by molar-refractivity contribution is 14.1. The summed E-state index contributed by atoms with van der Waals surface area (Å²) in [5.74, 6) is 0.846. The first kappa shape index (κ1) is 13.4. The number of hydrogen-bond donors (Lipinski definition) is 0. The van der Waals surface area contributed by atoms with E-state index in [-0.39, 0.29) is 11.9 Å². The van der Waals surface area contributed by atoms with E-state index in [9.17, 15) is 4.79 Å². The number of carbonyl (C=O) groups is 1. The fourth-order valence-corrected chi connectivity index (χ4v) is 4.18. The summed E-state index contributed by atoms with van der Waals surface area (Å²) in [6, 6.07) is 0.355. The SMILES string of the molecule is COC(=O)[C@H]1C[C@H](N2CC(I)c3c(Cl)ncnc32)C1. The van der Waals surface area contributed by atoms with Gasteiger partial charge in [-0.3, -0.25) is 4.79 Å². The third-order valence-electron chi connectivity index (χ3n) is 3.85. The number of aromatic nitrogens is 2. The predicted molar refractivity (Wildman–Crippen MR) is 79.7 cm³/mol. The van der Waals surface area contributed by atoms with Gasteiger partial charge in [0.2, 0.25) is 0 Å². The van der Waals surface area contributed by atoms with Crippen LogP contribution in [0.1, 0.15) is 22.3 Å². The number of rotatable bonds is 2. The van der Waals surface area contributed by atoms with Crippen molar-refractivity contribution in [3.8, 4) is 0 Å². The quantitative estimate of drug-likeness (QED) is 0.334. The zero-order chi connectivity index (χ0) is 13.6. The molecule has 0 amide bonds. The Bertz CT molecular complexity index is 522. The van der Waals surface area contributed by atoms with Crippen molar-refractivity contribution in [1.82, 2.24) is 9.97 Å². The molecule has 1 saturated carbocycles. The molecule has 0 N–H and O–H groups in total. The highest BCUT2D eigenvalue weighted by Gasteiger charge is 2.43. The van der Waals surface area contributed by atoms with Crippen LogP contribution in [-0.2, 0) is 9.53 Å². The first-order valence-corrected chi connectivity index (χ1v) is 7.73. The lowest BCUT2D eigenvalue weighted by molar-refractivity contribution is -0.148. The molecule has 1 aliphatic heterocycles. The van der Waals surface area contributed by atoms with E-state index in [4.69, 9.17) is 16.3 Å². The Balaban J connectivity index is 1.77. The van der Waals surface area contributed by atoms with Gasteiger partial charge in [0.15, 0.2) is 0 Å². The van der Waals surface area contributed by atoms with Crippen LogP contribution in [0.4, 0.5) is 5.82 Å². The van der Waals surface area contributed by atoms with Crippen LogP contribution >= 0.6 is 34.2 Å². The van der Waals surface area contributed by atoms with E-state index >= 15 is 0 Å².